The van der Waals surface area contributed by atoms with E-state index in [0.29, 0.717) is 12.2 Å². The van der Waals surface area contributed by atoms with Gasteiger partial charge < -0.3 is 18.3 Å². The molecule has 8 heteroatoms. The SMILES string of the molecule is CCCCCC(/C=C/C1C(O[Si](CC)(CC)CC)CC2OC(C(F)CCCC(=O)OC)=CC21)O[Si](CC)(CC)CC. The minimum Gasteiger partial charge on any atom is -0.491 e. The quantitative estimate of drug-likeness (QED) is 0.0559. The molecule has 0 saturated heterocycles. The predicted octanol–water partition coefficient (Wildman–Crippen LogP) is 9.50. The van der Waals surface area contributed by atoms with Gasteiger partial charge in [-0.05, 0) is 61.6 Å². The van der Waals surface area contributed by atoms with Crippen LogP contribution < -0.4 is 0 Å². The minimum absolute atomic E-state index is 0.0596. The third-order valence-corrected chi connectivity index (χ3v) is 19.4. The Morgan fingerprint density at radius 1 is 0.976 bits per heavy atom. The molecule has 0 bridgehead atoms. The Morgan fingerprint density at radius 2 is 1.61 bits per heavy atom. The second-order valence-electron chi connectivity index (χ2n) is 12.2. The minimum atomic E-state index is -1.83. The van der Waals surface area contributed by atoms with Crippen LogP contribution in [-0.4, -0.2) is 54.2 Å². The number of carbonyl (C=O) groups is 1. The normalized spacial score (nSPS) is 24.3. The average Bonchev–Trinajstić information content (AvgIpc) is 3.55. The summed E-state index contributed by atoms with van der Waals surface area (Å²) < 4.78 is 40.3. The van der Waals surface area contributed by atoms with Gasteiger partial charge in [-0.15, -0.1) is 0 Å². The molecule has 2 rings (SSSR count). The molecule has 0 aromatic rings. The number of ether oxygens (including phenoxy) is 2. The zero-order chi connectivity index (χ0) is 30.5. The molecule has 1 fully saturated rings. The maximum Gasteiger partial charge on any atom is 0.305 e. The zero-order valence-corrected chi connectivity index (χ0v) is 29.5. The number of unbranched alkanes of at least 4 members (excludes halogenated alkanes) is 2. The summed E-state index contributed by atoms with van der Waals surface area (Å²) in [6, 6.07) is 6.75. The summed E-state index contributed by atoms with van der Waals surface area (Å²) in [6.07, 6.45) is 12.1. The summed E-state index contributed by atoms with van der Waals surface area (Å²) in [4.78, 5) is 11.5. The maximum absolute atomic E-state index is 15.2. The number of hydrogen-bond acceptors (Lipinski definition) is 5. The summed E-state index contributed by atoms with van der Waals surface area (Å²) in [5.41, 5.74) is 0. The van der Waals surface area contributed by atoms with Crippen LogP contribution in [0.25, 0.3) is 0 Å². The summed E-state index contributed by atoms with van der Waals surface area (Å²) in [5.74, 6) is 0.392. The molecule has 6 atom stereocenters. The van der Waals surface area contributed by atoms with E-state index in [4.69, 9.17) is 18.3 Å². The standard InChI is InChI=1S/C33H61FO5Si2/c1-9-16-17-19-26(38-40(10-2,11-3)12-4)22-23-27-28-24-32(29(34)20-18-21-33(35)36-8)37-30(28)25-31(27)39-41(13-5,14-6)15-7/h22-24,26-31H,9-21,25H2,1-8H3/b23-22+. The Labute approximate surface area is 253 Å². The molecule has 0 spiro atoms. The van der Waals surface area contributed by atoms with Crippen LogP contribution in [0.4, 0.5) is 4.39 Å². The van der Waals surface area contributed by atoms with Crippen LogP contribution >= 0.6 is 0 Å². The van der Waals surface area contributed by atoms with Gasteiger partial charge in [0, 0.05) is 24.7 Å². The number of halogens is 1. The lowest BCUT2D eigenvalue weighted by atomic mass is 9.92. The van der Waals surface area contributed by atoms with E-state index >= 15 is 4.39 Å². The van der Waals surface area contributed by atoms with Crippen molar-refractivity contribution in [2.24, 2.45) is 11.8 Å². The van der Waals surface area contributed by atoms with Crippen molar-refractivity contribution in [2.75, 3.05) is 7.11 Å². The molecule has 0 radical (unpaired) electrons. The van der Waals surface area contributed by atoms with E-state index in [0.717, 1.165) is 49.1 Å². The van der Waals surface area contributed by atoms with E-state index in [9.17, 15) is 4.79 Å². The fourth-order valence-electron chi connectivity index (χ4n) is 6.70. The van der Waals surface area contributed by atoms with Crippen molar-refractivity contribution in [1.29, 1.82) is 0 Å². The molecular formula is C33H61FO5Si2. The molecule has 0 aromatic heterocycles. The number of allylic oxidation sites excluding steroid dienone is 1. The Kier molecular flexibility index (Phi) is 15.9. The van der Waals surface area contributed by atoms with Crippen LogP contribution in [0.2, 0.25) is 36.3 Å². The molecule has 6 unspecified atom stereocenters. The summed E-state index contributed by atoms with van der Waals surface area (Å²) in [5, 5.41) is 0. The van der Waals surface area contributed by atoms with E-state index < -0.39 is 22.8 Å². The van der Waals surface area contributed by atoms with Gasteiger partial charge in [0.2, 0.25) is 0 Å². The lowest BCUT2D eigenvalue weighted by Gasteiger charge is -2.35. The van der Waals surface area contributed by atoms with Crippen LogP contribution in [0.3, 0.4) is 0 Å². The van der Waals surface area contributed by atoms with Crippen LogP contribution in [0, 0.1) is 11.8 Å². The van der Waals surface area contributed by atoms with Crippen molar-refractivity contribution in [3.8, 4) is 0 Å². The summed E-state index contributed by atoms with van der Waals surface area (Å²) in [6.45, 7) is 16.0. The monoisotopic (exact) mass is 612 g/mol. The topological polar surface area (TPSA) is 54.0 Å². The molecule has 1 heterocycles. The van der Waals surface area contributed by atoms with Gasteiger partial charge in [-0.25, -0.2) is 4.39 Å². The fourth-order valence-corrected chi connectivity index (χ4v) is 12.4. The van der Waals surface area contributed by atoms with E-state index in [1.807, 2.05) is 6.08 Å². The van der Waals surface area contributed by atoms with Gasteiger partial charge in [0.25, 0.3) is 0 Å². The van der Waals surface area contributed by atoms with Crippen molar-refractivity contribution in [2.45, 2.75) is 161 Å². The molecule has 0 aromatic carbocycles. The lowest BCUT2D eigenvalue weighted by Crippen LogP contribution is -2.41. The first-order valence-corrected chi connectivity index (χ1v) is 21.9. The summed E-state index contributed by atoms with van der Waals surface area (Å²) in [7, 11) is -2.23. The number of alkyl halides is 1. The van der Waals surface area contributed by atoms with Gasteiger partial charge >= 0.3 is 5.97 Å². The highest BCUT2D eigenvalue weighted by molar-refractivity contribution is 6.74. The van der Waals surface area contributed by atoms with Crippen molar-refractivity contribution < 1.29 is 27.5 Å². The highest BCUT2D eigenvalue weighted by atomic mass is 28.4. The molecule has 0 amide bonds. The third-order valence-electron chi connectivity index (χ3n) is 10.1. The van der Waals surface area contributed by atoms with Crippen molar-refractivity contribution >= 4 is 22.6 Å². The number of carbonyl (C=O) groups excluding carboxylic acids is 1. The highest BCUT2D eigenvalue weighted by Crippen LogP contribution is 2.46. The molecule has 5 nitrogen and oxygen atoms in total. The molecule has 0 N–H and O–H groups in total. The van der Waals surface area contributed by atoms with Crippen LogP contribution in [0.15, 0.2) is 24.0 Å². The van der Waals surface area contributed by atoms with Gasteiger partial charge in [-0.2, -0.15) is 0 Å². The van der Waals surface area contributed by atoms with Gasteiger partial charge in [0.15, 0.2) is 22.8 Å². The Hall–Kier alpha value is -0.966. The largest absolute Gasteiger partial charge is 0.491 e. The fraction of sp³-hybridized carbons (Fsp3) is 0.848. The average molecular weight is 613 g/mol. The molecule has 1 saturated carbocycles. The molecule has 41 heavy (non-hydrogen) atoms. The smallest absolute Gasteiger partial charge is 0.305 e. The van der Waals surface area contributed by atoms with Gasteiger partial charge in [0.1, 0.15) is 11.9 Å². The molecule has 1 aliphatic heterocycles. The molecule has 238 valence electrons. The van der Waals surface area contributed by atoms with Crippen molar-refractivity contribution in [3.63, 3.8) is 0 Å². The van der Waals surface area contributed by atoms with Crippen molar-refractivity contribution in [1.82, 2.24) is 0 Å². The zero-order valence-electron chi connectivity index (χ0n) is 27.5. The first kappa shape index (κ1) is 36.2. The highest BCUT2D eigenvalue weighted by Gasteiger charge is 2.49. The van der Waals surface area contributed by atoms with Gasteiger partial charge in [-0.1, -0.05) is 79.9 Å². The lowest BCUT2D eigenvalue weighted by molar-refractivity contribution is -0.140. The second-order valence-corrected chi connectivity index (χ2v) is 21.7. The Morgan fingerprint density at radius 3 is 2.17 bits per heavy atom. The number of hydrogen-bond donors (Lipinski definition) is 0. The third kappa shape index (κ3) is 10.0. The first-order valence-electron chi connectivity index (χ1n) is 16.8. The predicted molar refractivity (Wildman–Crippen MR) is 173 cm³/mol. The molecule has 2 aliphatic rings. The van der Waals surface area contributed by atoms with E-state index in [2.05, 4.69) is 60.6 Å². The Balaban J connectivity index is 2.32. The van der Waals surface area contributed by atoms with Gasteiger partial charge in [0.05, 0.1) is 19.3 Å². The number of fused-ring (bicyclic) bond motifs is 1. The van der Waals surface area contributed by atoms with E-state index in [-0.39, 0.29) is 49.0 Å². The number of methoxy groups -OCH3 is 1. The first-order chi connectivity index (χ1) is 19.7. The van der Waals surface area contributed by atoms with Crippen molar-refractivity contribution in [3.05, 3.63) is 24.0 Å². The number of esters is 1. The van der Waals surface area contributed by atoms with E-state index in [1.165, 1.54) is 26.4 Å². The molecule has 1 aliphatic carbocycles. The van der Waals surface area contributed by atoms with Gasteiger partial charge in [-0.3, -0.25) is 4.79 Å². The number of rotatable bonds is 21. The second kappa shape index (κ2) is 18.0. The molecular weight excluding hydrogens is 552 g/mol. The maximum atomic E-state index is 15.2. The van der Waals surface area contributed by atoms with Crippen LogP contribution in [-0.2, 0) is 23.1 Å². The Bertz CT molecular complexity index is 810. The summed E-state index contributed by atoms with van der Waals surface area (Å²) >= 11 is 0. The van der Waals surface area contributed by atoms with E-state index in [1.54, 1.807) is 0 Å². The van der Waals surface area contributed by atoms with Crippen LogP contribution in [0.5, 0.6) is 0 Å². The van der Waals surface area contributed by atoms with Crippen LogP contribution in [0.1, 0.15) is 99.8 Å².